The Balaban J connectivity index is 1.87. The predicted molar refractivity (Wildman–Crippen MR) is 66.4 cm³/mol. The summed E-state index contributed by atoms with van der Waals surface area (Å²) in [5, 5.41) is 13.0. The summed E-state index contributed by atoms with van der Waals surface area (Å²) in [5.74, 6) is -0.108. The zero-order valence-electron chi connectivity index (χ0n) is 9.86. The normalized spacial score (nSPS) is 18.9. The number of thiophene rings is 1. The fourth-order valence-corrected chi connectivity index (χ4v) is 2.60. The largest absolute Gasteiger partial charge is 0.388 e. The lowest BCUT2D eigenvalue weighted by Crippen LogP contribution is -2.46. The molecule has 0 unspecified atom stereocenters. The van der Waals surface area contributed by atoms with Gasteiger partial charge in [-0.1, -0.05) is 0 Å². The first-order valence-electron chi connectivity index (χ1n) is 5.74. The highest BCUT2D eigenvalue weighted by Crippen LogP contribution is 2.20. The summed E-state index contributed by atoms with van der Waals surface area (Å²) in [5.41, 5.74) is -0.805. The number of aliphatic hydroxyl groups is 1. The van der Waals surface area contributed by atoms with Crippen molar-refractivity contribution in [2.24, 2.45) is 0 Å². The lowest BCUT2D eigenvalue weighted by atomic mass is 9.94. The van der Waals surface area contributed by atoms with Crippen molar-refractivity contribution in [3.63, 3.8) is 0 Å². The minimum atomic E-state index is -0.805. The van der Waals surface area contributed by atoms with Crippen molar-refractivity contribution in [2.45, 2.75) is 25.4 Å². The van der Waals surface area contributed by atoms with Crippen LogP contribution in [0, 0.1) is 6.92 Å². The van der Waals surface area contributed by atoms with E-state index in [2.05, 4.69) is 5.32 Å². The number of hydrogen-bond donors (Lipinski definition) is 2. The molecule has 0 bridgehead atoms. The molecule has 4 nitrogen and oxygen atoms in total. The molecule has 0 aromatic carbocycles. The van der Waals surface area contributed by atoms with Crippen molar-refractivity contribution in [1.82, 2.24) is 5.32 Å². The van der Waals surface area contributed by atoms with E-state index in [-0.39, 0.29) is 5.91 Å². The Morgan fingerprint density at radius 2 is 2.24 bits per heavy atom. The smallest absolute Gasteiger partial charge is 0.261 e. The SMILES string of the molecule is Cc1ccc(C(=O)NCC2(O)CCOCC2)s1. The Labute approximate surface area is 105 Å². The number of hydrogen-bond acceptors (Lipinski definition) is 4. The van der Waals surface area contributed by atoms with E-state index in [4.69, 9.17) is 4.74 Å². The van der Waals surface area contributed by atoms with Gasteiger partial charge in [0.1, 0.15) is 0 Å². The number of aryl methyl sites for hydroxylation is 1. The highest BCUT2D eigenvalue weighted by molar-refractivity contribution is 7.13. The van der Waals surface area contributed by atoms with E-state index in [1.165, 1.54) is 11.3 Å². The van der Waals surface area contributed by atoms with Crippen LogP contribution in [0.15, 0.2) is 12.1 Å². The van der Waals surface area contributed by atoms with Gasteiger partial charge in [-0.05, 0) is 19.1 Å². The van der Waals surface area contributed by atoms with Gasteiger partial charge in [-0.2, -0.15) is 0 Å². The van der Waals surface area contributed by atoms with Gasteiger partial charge in [0.25, 0.3) is 5.91 Å². The van der Waals surface area contributed by atoms with Crippen LogP contribution in [0.4, 0.5) is 0 Å². The van der Waals surface area contributed by atoms with Gasteiger partial charge in [0.05, 0.1) is 10.5 Å². The summed E-state index contributed by atoms with van der Waals surface area (Å²) in [6.07, 6.45) is 1.16. The molecule has 1 amide bonds. The molecule has 2 heterocycles. The van der Waals surface area contributed by atoms with Crippen molar-refractivity contribution >= 4 is 17.2 Å². The van der Waals surface area contributed by atoms with Crippen LogP contribution in [0.2, 0.25) is 0 Å². The van der Waals surface area contributed by atoms with Crippen molar-refractivity contribution in [3.05, 3.63) is 21.9 Å². The number of carbonyl (C=O) groups excluding carboxylic acids is 1. The second-order valence-electron chi connectivity index (χ2n) is 4.43. The molecule has 1 aromatic rings. The summed E-state index contributed by atoms with van der Waals surface area (Å²) in [6, 6.07) is 3.73. The van der Waals surface area contributed by atoms with E-state index < -0.39 is 5.60 Å². The Bertz CT molecular complexity index is 396. The van der Waals surface area contributed by atoms with E-state index >= 15 is 0 Å². The van der Waals surface area contributed by atoms with Crippen LogP contribution >= 0.6 is 11.3 Å². The van der Waals surface area contributed by atoms with Crippen LogP contribution in [-0.2, 0) is 4.74 Å². The van der Waals surface area contributed by atoms with Gasteiger partial charge in [-0.25, -0.2) is 0 Å². The van der Waals surface area contributed by atoms with Crippen LogP contribution in [-0.4, -0.2) is 36.4 Å². The molecular formula is C12H17NO3S. The first-order valence-corrected chi connectivity index (χ1v) is 6.55. The minimum Gasteiger partial charge on any atom is -0.388 e. The third kappa shape index (κ3) is 3.28. The van der Waals surface area contributed by atoms with E-state index in [9.17, 15) is 9.90 Å². The van der Waals surface area contributed by atoms with Crippen molar-refractivity contribution in [2.75, 3.05) is 19.8 Å². The van der Waals surface area contributed by atoms with E-state index in [0.717, 1.165) is 4.88 Å². The quantitative estimate of drug-likeness (QED) is 0.856. The van der Waals surface area contributed by atoms with Crippen molar-refractivity contribution in [1.29, 1.82) is 0 Å². The second-order valence-corrected chi connectivity index (χ2v) is 5.72. The van der Waals surface area contributed by atoms with Gasteiger partial charge < -0.3 is 15.2 Å². The third-order valence-corrected chi connectivity index (χ3v) is 3.97. The first-order chi connectivity index (χ1) is 8.09. The highest BCUT2D eigenvalue weighted by atomic mass is 32.1. The molecule has 94 valence electrons. The lowest BCUT2D eigenvalue weighted by Gasteiger charge is -2.31. The number of amides is 1. The summed E-state index contributed by atoms with van der Waals surface area (Å²) in [7, 11) is 0. The van der Waals surface area contributed by atoms with Gasteiger partial charge in [-0.15, -0.1) is 11.3 Å². The zero-order valence-corrected chi connectivity index (χ0v) is 10.7. The molecule has 1 fully saturated rings. The fraction of sp³-hybridized carbons (Fsp3) is 0.583. The Kier molecular flexibility index (Phi) is 3.81. The third-order valence-electron chi connectivity index (χ3n) is 2.97. The molecule has 5 heteroatoms. The zero-order chi connectivity index (χ0) is 12.3. The van der Waals surface area contributed by atoms with Crippen molar-refractivity contribution < 1.29 is 14.6 Å². The number of rotatable bonds is 3. The number of ether oxygens (including phenoxy) is 1. The molecule has 0 radical (unpaired) electrons. The van der Waals surface area contributed by atoms with Crippen LogP contribution < -0.4 is 5.32 Å². The summed E-state index contributed by atoms with van der Waals surface area (Å²) in [4.78, 5) is 13.6. The van der Waals surface area contributed by atoms with Gasteiger partial charge in [0.2, 0.25) is 0 Å². The van der Waals surface area contributed by atoms with Gasteiger partial charge in [0, 0.05) is 37.5 Å². The van der Waals surface area contributed by atoms with Crippen LogP contribution in [0.3, 0.4) is 0 Å². The van der Waals surface area contributed by atoms with E-state index in [1.54, 1.807) is 0 Å². The van der Waals surface area contributed by atoms with E-state index in [1.807, 2.05) is 19.1 Å². The summed E-state index contributed by atoms with van der Waals surface area (Å²) in [6.45, 7) is 3.38. The minimum absolute atomic E-state index is 0.108. The van der Waals surface area contributed by atoms with Crippen LogP contribution in [0.25, 0.3) is 0 Å². The summed E-state index contributed by atoms with van der Waals surface area (Å²) < 4.78 is 5.19. The Hall–Kier alpha value is -0.910. The highest BCUT2D eigenvalue weighted by Gasteiger charge is 2.30. The average molecular weight is 255 g/mol. The Morgan fingerprint density at radius 3 is 2.82 bits per heavy atom. The molecule has 0 atom stereocenters. The monoisotopic (exact) mass is 255 g/mol. The molecule has 1 aliphatic heterocycles. The Morgan fingerprint density at radius 1 is 1.53 bits per heavy atom. The molecule has 2 N–H and O–H groups in total. The molecule has 1 aromatic heterocycles. The molecule has 0 saturated carbocycles. The maximum atomic E-state index is 11.8. The molecule has 1 aliphatic rings. The molecule has 0 aliphatic carbocycles. The number of nitrogens with one attached hydrogen (secondary N) is 1. The van der Waals surface area contributed by atoms with Gasteiger partial charge in [0.15, 0.2) is 0 Å². The topological polar surface area (TPSA) is 58.6 Å². The second kappa shape index (κ2) is 5.16. The average Bonchev–Trinajstić information content (AvgIpc) is 2.74. The van der Waals surface area contributed by atoms with Gasteiger partial charge >= 0.3 is 0 Å². The molecule has 17 heavy (non-hydrogen) atoms. The fourth-order valence-electron chi connectivity index (χ4n) is 1.82. The maximum Gasteiger partial charge on any atom is 0.261 e. The molecule has 0 spiro atoms. The van der Waals surface area contributed by atoms with E-state index in [0.29, 0.717) is 37.5 Å². The lowest BCUT2D eigenvalue weighted by molar-refractivity contribution is -0.0605. The van der Waals surface area contributed by atoms with Crippen LogP contribution in [0.5, 0.6) is 0 Å². The summed E-state index contributed by atoms with van der Waals surface area (Å²) >= 11 is 1.46. The molecular weight excluding hydrogens is 238 g/mol. The van der Waals surface area contributed by atoms with Crippen LogP contribution in [0.1, 0.15) is 27.4 Å². The van der Waals surface area contributed by atoms with Gasteiger partial charge in [-0.3, -0.25) is 4.79 Å². The standard InChI is InChI=1S/C12H17NO3S/c1-9-2-3-10(17-9)11(14)13-8-12(15)4-6-16-7-5-12/h2-3,15H,4-8H2,1H3,(H,13,14). The number of carbonyl (C=O) groups is 1. The maximum absolute atomic E-state index is 11.8. The molecule has 1 saturated heterocycles. The predicted octanol–water partition coefficient (Wildman–Crippen LogP) is 1.33. The molecule has 2 rings (SSSR count). The first kappa shape index (κ1) is 12.5. The van der Waals surface area contributed by atoms with Crippen molar-refractivity contribution in [3.8, 4) is 0 Å².